The number of hydrogen-bond donors (Lipinski definition) is 2. The van der Waals surface area contributed by atoms with Crippen molar-refractivity contribution in [3.63, 3.8) is 0 Å². The van der Waals surface area contributed by atoms with Gasteiger partial charge >= 0.3 is 0 Å². The molecule has 7 nitrogen and oxygen atoms in total. The van der Waals surface area contributed by atoms with E-state index in [-0.39, 0.29) is 11.7 Å². The van der Waals surface area contributed by atoms with E-state index in [1.165, 1.54) is 6.92 Å². The summed E-state index contributed by atoms with van der Waals surface area (Å²) >= 11 is 0. The molecule has 33 heavy (non-hydrogen) atoms. The van der Waals surface area contributed by atoms with Gasteiger partial charge in [-0.3, -0.25) is 4.79 Å². The second kappa shape index (κ2) is 8.17. The normalized spacial score (nSPS) is 13.0. The highest BCUT2D eigenvalue weighted by Gasteiger charge is 2.22. The molecule has 2 heterocycles. The van der Waals surface area contributed by atoms with Crippen LogP contribution in [0.4, 0.5) is 5.69 Å². The van der Waals surface area contributed by atoms with E-state index in [0.717, 1.165) is 0 Å². The molecule has 0 aliphatic carbocycles. The van der Waals surface area contributed by atoms with Crippen LogP contribution in [-0.4, -0.2) is 34.8 Å². The highest BCUT2D eigenvalue weighted by Crippen LogP contribution is 2.36. The smallest absolute Gasteiger partial charge is 0.199 e. The molecule has 0 unspecified atom stereocenters. The zero-order valence-corrected chi connectivity index (χ0v) is 17.8. The molecule has 1 aliphatic rings. The molecule has 162 valence electrons. The predicted molar refractivity (Wildman–Crippen MR) is 124 cm³/mol. The quantitative estimate of drug-likeness (QED) is 0.349. The molecule has 1 aromatic heterocycles. The molecule has 4 aromatic rings. The Balaban J connectivity index is 1.77. The molecule has 1 aliphatic heterocycles. The molecular formula is C26H19N3O4. The van der Waals surface area contributed by atoms with Crippen LogP contribution in [0.15, 0.2) is 65.7 Å². The van der Waals surface area contributed by atoms with Gasteiger partial charge in [0.15, 0.2) is 23.2 Å². The summed E-state index contributed by atoms with van der Waals surface area (Å²) in [5.41, 5.74) is 3.82. The number of aromatic hydroxyl groups is 1. The molecule has 0 saturated heterocycles. The second-order valence-corrected chi connectivity index (χ2v) is 7.65. The van der Waals surface area contributed by atoms with Crippen molar-refractivity contribution in [2.45, 2.75) is 6.92 Å². The molecule has 2 N–H and O–H groups in total. The number of ketones is 1. The number of carbonyl (C=O) groups excluding carboxylic acids is 1. The van der Waals surface area contributed by atoms with Crippen molar-refractivity contribution in [2.24, 2.45) is 4.99 Å². The molecule has 0 spiro atoms. The van der Waals surface area contributed by atoms with Crippen LogP contribution in [0.3, 0.4) is 0 Å². The van der Waals surface area contributed by atoms with E-state index in [1.54, 1.807) is 48.5 Å². The lowest BCUT2D eigenvalue weighted by Gasteiger charge is -2.19. The van der Waals surface area contributed by atoms with Crippen molar-refractivity contribution in [1.29, 1.82) is 5.26 Å². The van der Waals surface area contributed by atoms with Crippen molar-refractivity contribution in [3.05, 3.63) is 82.9 Å². The summed E-state index contributed by atoms with van der Waals surface area (Å²) in [6.07, 6.45) is 0. The minimum absolute atomic E-state index is 0.0734. The number of Topliss-reactive ketones (excluding diaryl/α,β-unsaturated/α-hetero) is 1. The zero-order valence-electron chi connectivity index (χ0n) is 17.8. The van der Waals surface area contributed by atoms with Crippen LogP contribution in [0.2, 0.25) is 0 Å². The van der Waals surface area contributed by atoms with Crippen LogP contribution < -0.4 is 9.47 Å². The van der Waals surface area contributed by atoms with Gasteiger partial charge < -0.3 is 19.6 Å². The Hall–Kier alpha value is -4.57. The van der Waals surface area contributed by atoms with Crippen molar-refractivity contribution >= 4 is 28.1 Å². The highest BCUT2D eigenvalue weighted by molar-refractivity contribution is 6.22. The molecule has 0 saturated carbocycles. The maximum atomic E-state index is 12.0. The molecule has 5 rings (SSSR count). The summed E-state index contributed by atoms with van der Waals surface area (Å²) in [6.45, 7) is 2.41. The van der Waals surface area contributed by atoms with Crippen LogP contribution in [0.1, 0.15) is 34.0 Å². The van der Waals surface area contributed by atoms with E-state index in [1.807, 2.05) is 12.1 Å². The van der Waals surface area contributed by atoms with E-state index in [2.05, 4.69) is 11.1 Å². The van der Waals surface area contributed by atoms with Crippen molar-refractivity contribution in [3.8, 4) is 23.4 Å². The van der Waals surface area contributed by atoms with Crippen LogP contribution in [0, 0.1) is 11.3 Å². The van der Waals surface area contributed by atoms with Gasteiger partial charge in [-0.1, -0.05) is 6.07 Å². The van der Waals surface area contributed by atoms with Gasteiger partial charge in [0.2, 0.25) is 0 Å². The summed E-state index contributed by atoms with van der Waals surface area (Å²) in [4.78, 5) is 19.8. The number of fused-ring (bicyclic) bond motifs is 2. The number of aromatic nitrogens is 1. The second-order valence-electron chi connectivity index (χ2n) is 7.65. The summed E-state index contributed by atoms with van der Waals surface area (Å²) in [5.74, 6) is 1.07. The summed E-state index contributed by atoms with van der Waals surface area (Å²) < 4.78 is 11.4. The Morgan fingerprint density at radius 2 is 1.82 bits per heavy atom. The lowest BCUT2D eigenvalue weighted by Crippen LogP contribution is -2.16. The first-order valence-electron chi connectivity index (χ1n) is 10.4. The minimum Gasteiger partial charge on any atom is -0.494 e. The SMILES string of the molecule is CC(=O)c1ccc2[nH]c(O)c(C(=Nc3cccc(C#N)c3)c3ccc4c(c3)OCCO4)c2c1. The molecule has 0 bridgehead atoms. The van der Waals surface area contributed by atoms with Crippen LogP contribution in [0.5, 0.6) is 17.4 Å². The van der Waals surface area contributed by atoms with Crippen LogP contribution in [0.25, 0.3) is 10.9 Å². The third-order valence-electron chi connectivity index (χ3n) is 5.45. The number of rotatable bonds is 4. The first-order valence-corrected chi connectivity index (χ1v) is 10.4. The fraction of sp³-hybridized carbons (Fsp3) is 0.115. The maximum Gasteiger partial charge on any atom is 0.199 e. The number of nitriles is 1. The Morgan fingerprint density at radius 1 is 1.03 bits per heavy atom. The topological polar surface area (TPSA) is 108 Å². The van der Waals surface area contributed by atoms with Gasteiger partial charge in [-0.2, -0.15) is 5.26 Å². The van der Waals surface area contributed by atoms with Crippen molar-refractivity contribution in [1.82, 2.24) is 4.98 Å². The Bertz CT molecular complexity index is 1480. The Labute approximate surface area is 189 Å². The number of hydrogen-bond acceptors (Lipinski definition) is 6. The van der Waals surface area contributed by atoms with Gasteiger partial charge in [0.05, 0.1) is 28.6 Å². The van der Waals surface area contributed by atoms with E-state index in [9.17, 15) is 15.2 Å². The lowest BCUT2D eigenvalue weighted by molar-refractivity contribution is 0.101. The minimum atomic E-state index is -0.0805. The summed E-state index contributed by atoms with van der Waals surface area (Å²) in [6, 6.07) is 19.7. The number of aromatic amines is 1. The van der Waals surface area contributed by atoms with E-state index < -0.39 is 0 Å². The van der Waals surface area contributed by atoms with E-state index in [4.69, 9.17) is 14.5 Å². The average molecular weight is 437 g/mol. The van der Waals surface area contributed by atoms with Crippen molar-refractivity contribution in [2.75, 3.05) is 13.2 Å². The van der Waals surface area contributed by atoms with Gasteiger partial charge in [0.25, 0.3) is 0 Å². The van der Waals surface area contributed by atoms with Gasteiger partial charge in [-0.15, -0.1) is 0 Å². The zero-order chi connectivity index (χ0) is 22.9. The third kappa shape index (κ3) is 3.79. The number of benzene rings is 3. The van der Waals surface area contributed by atoms with Crippen LogP contribution >= 0.6 is 0 Å². The van der Waals surface area contributed by atoms with E-state index in [0.29, 0.717) is 69.3 Å². The molecule has 0 radical (unpaired) electrons. The Kier molecular flexibility index (Phi) is 5.04. The molecule has 0 fully saturated rings. The molecule has 3 aromatic carbocycles. The largest absolute Gasteiger partial charge is 0.494 e. The standard InChI is InChI=1S/C26H19N3O4/c1-15(30)17-5-7-21-20(12-17)24(26(31)29-21)25(28-19-4-2-3-16(11-19)14-27)18-6-8-22-23(13-18)33-10-9-32-22/h2-8,11-13,29,31H,9-10H2,1H3. The first-order chi connectivity index (χ1) is 16.0. The predicted octanol–water partition coefficient (Wildman–Crippen LogP) is 4.89. The number of carbonyl (C=O) groups is 1. The number of ether oxygens (including phenoxy) is 2. The monoisotopic (exact) mass is 437 g/mol. The number of H-pyrrole nitrogens is 1. The number of nitrogens with zero attached hydrogens (tertiary/aromatic N) is 2. The Morgan fingerprint density at radius 3 is 2.61 bits per heavy atom. The van der Waals surface area contributed by atoms with Gasteiger partial charge in [-0.05, 0) is 61.5 Å². The van der Waals surface area contributed by atoms with Crippen LogP contribution in [-0.2, 0) is 0 Å². The highest BCUT2D eigenvalue weighted by atomic mass is 16.6. The molecule has 7 heteroatoms. The first kappa shape index (κ1) is 20.3. The van der Waals surface area contributed by atoms with Gasteiger partial charge in [0, 0.05) is 22.0 Å². The maximum absolute atomic E-state index is 12.0. The summed E-state index contributed by atoms with van der Waals surface area (Å²) in [5, 5.41) is 20.8. The third-order valence-corrected chi connectivity index (χ3v) is 5.45. The van der Waals surface area contributed by atoms with Crippen molar-refractivity contribution < 1.29 is 19.4 Å². The fourth-order valence-electron chi connectivity index (χ4n) is 3.87. The number of nitrogens with one attached hydrogen (secondary N) is 1. The van der Waals surface area contributed by atoms with Gasteiger partial charge in [-0.25, -0.2) is 4.99 Å². The molecule has 0 amide bonds. The average Bonchev–Trinajstić information content (AvgIpc) is 3.17. The van der Waals surface area contributed by atoms with E-state index >= 15 is 0 Å². The molecular weight excluding hydrogens is 418 g/mol. The fourth-order valence-corrected chi connectivity index (χ4v) is 3.87. The lowest BCUT2D eigenvalue weighted by atomic mass is 9.98. The number of aliphatic imine (C=N–C) groups is 1. The molecule has 0 atom stereocenters. The van der Waals surface area contributed by atoms with Gasteiger partial charge in [0.1, 0.15) is 13.2 Å². The summed E-state index contributed by atoms with van der Waals surface area (Å²) in [7, 11) is 0.